The molecule has 0 heterocycles. The third-order valence-electron chi connectivity index (χ3n) is 2.89. The van der Waals surface area contributed by atoms with Crippen molar-refractivity contribution in [1.29, 1.82) is 0 Å². The molecule has 0 saturated heterocycles. The van der Waals surface area contributed by atoms with Gasteiger partial charge in [-0.25, -0.2) is 0 Å². The van der Waals surface area contributed by atoms with Crippen molar-refractivity contribution in [2.45, 2.75) is 12.2 Å². The molecule has 3 nitrogen and oxygen atoms in total. The van der Waals surface area contributed by atoms with Crippen molar-refractivity contribution >= 4 is 0 Å². The highest BCUT2D eigenvalue weighted by atomic mass is 19.4. The number of alkyl halides is 3. The average Bonchev–Trinajstić information content (AvgIpc) is 2.44. The quantitative estimate of drug-likeness (QED) is 0.908. The first kappa shape index (κ1) is 15.2. The lowest BCUT2D eigenvalue weighted by Gasteiger charge is -2.15. The lowest BCUT2D eigenvalue weighted by Crippen LogP contribution is -2.19. The summed E-state index contributed by atoms with van der Waals surface area (Å²) < 4.78 is 43.0. The molecule has 0 radical (unpaired) electrons. The smallest absolute Gasteiger partial charge is 0.416 e. The van der Waals surface area contributed by atoms with E-state index in [1.165, 1.54) is 24.3 Å². The molecule has 1 atom stereocenters. The fourth-order valence-corrected chi connectivity index (χ4v) is 1.80. The van der Waals surface area contributed by atoms with Crippen molar-refractivity contribution in [2.75, 3.05) is 6.61 Å². The van der Waals surface area contributed by atoms with Crippen molar-refractivity contribution in [3.05, 3.63) is 59.7 Å². The molecule has 0 fully saturated rings. The SMILES string of the molecule is NC(COc1cccc(C(F)(F)F)c1)c1cccc(O)c1. The molecule has 0 amide bonds. The molecule has 2 rings (SSSR count). The fourth-order valence-electron chi connectivity index (χ4n) is 1.80. The number of aromatic hydroxyl groups is 1. The number of rotatable bonds is 4. The zero-order valence-electron chi connectivity index (χ0n) is 11.0. The van der Waals surface area contributed by atoms with Crippen molar-refractivity contribution in [1.82, 2.24) is 0 Å². The van der Waals surface area contributed by atoms with Crippen LogP contribution in [0.15, 0.2) is 48.5 Å². The second-order valence-corrected chi connectivity index (χ2v) is 4.54. The number of nitrogens with two attached hydrogens (primary N) is 1. The van der Waals surface area contributed by atoms with Crippen LogP contribution in [-0.4, -0.2) is 11.7 Å². The molecule has 1 unspecified atom stereocenters. The third-order valence-corrected chi connectivity index (χ3v) is 2.89. The summed E-state index contributed by atoms with van der Waals surface area (Å²) in [6.45, 7) is 0.00473. The Morgan fingerprint density at radius 2 is 1.81 bits per heavy atom. The van der Waals surface area contributed by atoms with Gasteiger partial charge in [-0.1, -0.05) is 18.2 Å². The van der Waals surface area contributed by atoms with Crippen LogP contribution in [0.1, 0.15) is 17.2 Å². The number of benzene rings is 2. The highest BCUT2D eigenvalue weighted by Crippen LogP contribution is 2.31. The first-order valence-corrected chi connectivity index (χ1v) is 6.21. The van der Waals surface area contributed by atoms with E-state index in [0.29, 0.717) is 5.56 Å². The van der Waals surface area contributed by atoms with Crippen LogP contribution in [0.4, 0.5) is 13.2 Å². The Morgan fingerprint density at radius 1 is 1.10 bits per heavy atom. The van der Waals surface area contributed by atoms with Gasteiger partial charge in [0.2, 0.25) is 0 Å². The van der Waals surface area contributed by atoms with Gasteiger partial charge < -0.3 is 15.6 Å². The summed E-state index contributed by atoms with van der Waals surface area (Å²) in [6.07, 6.45) is -4.41. The predicted octanol–water partition coefficient (Wildman–Crippen LogP) is 3.49. The lowest BCUT2D eigenvalue weighted by atomic mass is 10.1. The molecule has 0 bridgehead atoms. The molecule has 0 aliphatic heterocycles. The topological polar surface area (TPSA) is 55.5 Å². The second kappa shape index (κ2) is 6.05. The van der Waals surface area contributed by atoms with E-state index in [1.54, 1.807) is 12.1 Å². The Bertz CT molecular complexity index is 614. The summed E-state index contributed by atoms with van der Waals surface area (Å²) in [5.74, 6) is 0.169. The average molecular weight is 297 g/mol. The maximum absolute atomic E-state index is 12.6. The van der Waals surface area contributed by atoms with Crippen LogP contribution < -0.4 is 10.5 Å². The maximum Gasteiger partial charge on any atom is 0.416 e. The van der Waals surface area contributed by atoms with Gasteiger partial charge in [-0.2, -0.15) is 13.2 Å². The molecule has 0 aromatic heterocycles. The Labute approximate surface area is 119 Å². The Hall–Kier alpha value is -2.21. The zero-order chi connectivity index (χ0) is 15.5. The largest absolute Gasteiger partial charge is 0.508 e. The maximum atomic E-state index is 12.6. The first-order valence-electron chi connectivity index (χ1n) is 6.21. The van der Waals surface area contributed by atoms with Gasteiger partial charge in [-0.3, -0.25) is 0 Å². The van der Waals surface area contributed by atoms with Gasteiger partial charge in [-0.15, -0.1) is 0 Å². The van der Waals surface area contributed by atoms with Gasteiger partial charge in [0.25, 0.3) is 0 Å². The molecule has 21 heavy (non-hydrogen) atoms. The van der Waals surface area contributed by atoms with E-state index in [1.807, 2.05) is 0 Å². The van der Waals surface area contributed by atoms with E-state index in [9.17, 15) is 18.3 Å². The molecule has 0 aliphatic rings. The number of hydrogen-bond donors (Lipinski definition) is 2. The van der Waals surface area contributed by atoms with Crippen molar-refractivity contribution in [3.63, 3.8) is 0 Å². The van der Waals surface area contributed by atoms with Gasteiger partial charge in [0.1, 0.15) is 18.1 Å². The van der Waals surface area contributed by atoms with Crippen LogP contribution in [-0.2, 0) is 6.18 Å². The predicted molar refractivity (Wildman–Crippen MR) is 72.0 cm³/mol. The van der Waals surface area contributed by atoms with E-state index < -0.39 is 17.8 Å². The van der Waals surface area contributed by atoms with Crippen LogP contribution in [0.2, 0.25) is 0 Å². The van der Waals surface area contributed by atoms with Crippen LogP contribution >= 0.6 is 0 Å². The number of hydrogen-bond acceptors (Lipinski definition) is 3. The Balaban J connectivity index is 2.03. The highest BCUT2D eigenvalue weighted by molar-refractivity contribution is 5.31. The number of ether oxygens (including phenoxy) is 1. The minimum atomic E-state index is -4.41. The first-order chi connectivity index (χ1) is 9.86. The van der Waals surface area contributed by atoms with Crippen LogP contribution in [0.25, 0.3) is 0 Å². The second-order valence-electron chi connectivity index (χ2n) is 4.54. The third kappa shape index (κ3) is 4.13. The normalized spacial score (nSPS) is 13.0. The molecule has 3 N–H and O–H groups in total. The summed E-state index contributed by atoms with van der Waals surface area (Å²) in [6, 6.07) is 10.4. The summed E-state index contributed by atoms with van der Waals surface area (Å²) in [5.41, 5.74) is 5.75. The van der Waals surface area contributed by atoms with E-state index in [-0.39, 0.29) is 18.1 Å². The molecular formula is C15H14F3NO2. The van der Waals surface area contributed by atoms with Gasteiger partial charge in [0.05, 0.1) is 11.6 Å². The molecule has 0 spiro atoms. The molecule has 2 aromatic carbocycles. The van der Waals surface area contributed by atoms with E-state index in [2.05, 4.69) is 0 Å². The zero-order valence-corrected chi connectivity index (χ0v) is 11.0. The van der Waals surface area contributed by atoms with Crippen LogP contribution in [0, 0.1) is 0 Å². The molecule has 0 saturated carbocycles. The number of phenols is 1. The van der Waals surface area contributed by atoms with E-state index in [4.69, 9.17) is 10.5 Å². The van der Waals surface area contributed by atoms with Crippen molar-refractivity contribution in [2.24, 2.45) is 5.73 Å². The number of phenolic OH excluding ortho intramolecular Hbond substituents is 1. The lowest BCUT2D eigenvalue weighted by molar-refractivity contribution is -0.137. The Kier molecular flexibility index (Phi) is 4.37. The molecule has 112 valence electrons. The molecule has 6 heteroatoms. The summed E-state index contributed by atoms with van der Waals surface area (Å²) in [7, 11) is 0. The van der Waals surface area contributed by atoms with E-state index >= 15 is 0 Å². The van der Waals surface area contributed by atoms with Gasteiger partial charge in [-0.05, 0) is 35.9 Å². The van der Waals surface area contributed by atoms with E-state index in [0.717, 1.165) is 12.1 Å². The van der Waals surface area contributed by atoms with Crippen LogP contribution in [0.3, 0.4) is 0 Å². The minimum Gasteiger partial charge on any atom is -0.508 e. The standard InChI is InChI=1S/C15H14F3NO2/c16-15(17,18)11-4-2-6-13(8-11)21-9-14(19)10-3-1-5-12(20)7-10/h1-8,14,20H,9,19H2. The van der Waals surface area contributed by atoms with Crippen molar-refractivity contribution in [3.8, 4) is 11.5 Å². The molecule has 2 aromatic rings. The monoisotopic (exact) mass is 297 g/mol. The minimum absolute atomic E-state index is 0.00473. The number of halogens is 3. The van der Waals surface area contributed by atoms with Crippen LogP contribution in [0.5, 0.6) is 11.5 Å². The summed E-state index contributed by atoms with van der Waals surface area (Å²) in [5, 5.41) is 9.35. The molecular weight excluding hydrogens is 283 g/mol. The highest BCUT2D eigenvalue weighted by Gasteiger charge is 2.30. The van der Waals surface area contributed by atoms with Gasteiger partial charge >= 0.3 is 6.18 Å². The van der Waals surface area contributed by atoms with Gasteiger partial charge in [0, 0.05) is 0 Å². The van der Waals surface area contributed by atoms with Crippen molar-refractivity contribution < 1.29 is 23.0 Å². The summed E-state index contributed by atoms with van der Waals surface area (Å²) in [4.78, 5) is 0. The van der Waals surface area contributed by atoms with Gasteiger partial charge in [0.15, 0.2) is 0 Å². The summed E-state index contributed by atoms with van der Waals surface area (Å²) >= 11 is 0. The molecule has 0 aliphatic carbocycles. The Morgan fingerprint density at radius 3 is 2.48 bits per heavy atom. The fraction of sp³-hybridized carbons (Fsp3) is 0.200.